The van der Waals surface area contributed by atoms with Crippen molar-refractivity contribution in [3.05, 3.63) is 70.6 Å². The number of halogens is 2. The summed E-state index contributed by atoms with van der Waals surface area (Å²) < 4.78 is 30.2. The first-order valence-corrected chi connectivity index (χ1v) is 10.6. The van der Waals surface area contributed by atoms with E-state index in [1.807, 2.05) is 0 Å². The molecule has 0 bridgehead atoms. The maximum Gasteiger partial charge on any atom is 0.261 e. The molecule has 2 heterocycles. The van der Waals surface area contributed by atoms with E-state index in [-0.39, 0.29) is 10.6 Å². The average molecular weight is 449 g/mol. The molecule has 0 saturated heterocycles. The minimum Gasteiger partial charge on any atom is -0.279 e. The first kappa shape index (κ1) is 19.4. The van der Waals surface area contributed by atoms with Gasteiger partial charge in [-0.25, -0.2) is 8.42 Å². The molecule has 8 nitrogen and oxygen atoms in total. The lowest BCUT2D eigenvalue weighted by Crippen LogP contribution is -2.14. The molecule has 29 heavy (non-hydrogen) atoms. The quantitative estimate of drug-likeness (QED) is 0.478. The minimum absolute atomic E-state index is 0.0837. The van der Waals surface area contributed by atoms with E-state index in [1.54, 1.807) is 42.0 Å². The monoisotopic (exact) mass is 448 g/mol. The molecule has 0 aliphatic heterocycles. The molecular weight excluding hydrogens is 435 g/mol. The molecule has 0 radical (unpaired) electrons. The number of rotatable bonds is 5. The Hall–Kier alpha value is -2.88. The van der Waals surface area contributed by atoms with Gasteiger partial charge >= 0.3 is 0 Å². The van der Waals surface area contributed by atoms with Crippen molar-refractivity contribution in [3.63, 3.8) is 0 Å². The Morgan fingerprint density at radius 3 is 2.66 bits per heavy atom. The average Bonchev–Trinajstić information content (AvgIpc) is 3.35. The lowest BCUT2D eigenvalue weighted by atomic mass is 10.1. The van der Waals surface area contributed by atoms with Crippen LogP contribution in [0, 0.1) is 6.92 Å². The predicted octanol–water partition coefficient (Wildman–Crippen LogP) is 4.07. The zero-order chi connectivity index (χ0) is 20.6. The number of nitrogens with one attached hydrogen (secondary N) is 2. The van der Waals surface area contributed by atoms with Crippen molar-refractivity contribution in [1.29, 1.82) is 0 Å². The number of hydrogen-bond acceptors (Lipinski definition) is 5. The van der Waals surface area contributed by atoms with E-state index in [1.165, 1.54) is 24.5 Å². The molecule has 0 spiro atoms. The molecule has 0 atom stereocenters. The van der Waals surface area contributed by atoms with Gasteiger partial charge in [0, 0.05) is 21.7 Å². The van der Waals surface area contributed by atoms with E-state index in [2.05, 4.69) is 25.1 Å². The number of H-pyrrole nitrogens is 1. The summed E-state index contributed by atoms with van der Waals surface area (Å²) in [6.07, 6.45) is 3.09. The van der Waals surface area contributed by atoms with E-state index in [4.69, 9.17) is 23.2 Å². The van der Waals surface area contributed by atoms with Crippen molar-refractivity contribution in [1.82, 2.24) is 25.0 Å². The molecule has 4 rings (SSSR count). The predicted molar refractivity (Wildman–Crippen MR) is 111 cm³/mol. The van der Waals surface area contributed by atoms with Crippen LogP contribution in [-0.4, -0.2) is 33.4 Å². The van der Waals surface area contributed by atoms with E-state index in [0.29, 0.717) is 32.8 Å². The molecule has 4 aromatic rings. The summed E-state index contributed by atoms with van der Waals surface area (Å²) >= 11 is 12.1. The van der Waals surface area contributed by atoms with Crippen LogP contribution in [0.15, 0.2) is 59.9 Å². The molecule has 2 aromatic carbocycles. The van der Waals surface area contributed by atoms with Gasteiger partial charge in [-0.2, -0.15) is 5.10 Å². The van der Waals surface area contributed by atoms with Crippen molar-refractivity contribution in [2.75, 3.05) is 4.72 Å². The second-order valence-electron chi connectivity index (χ2n) is 6.17. The Kier molecular flexibility index (Phi) is 5.03. The number of anilines is 1. The highest BCUT2D eigenvalue weighted by atomic mass is 35.5. The largest absolute Gasteiger partial charge is 0.279 e. The van der Waals surface area contributed by atoms with Gasteiger partial charge in [-0.15, -0.1) is 10.2 Å². The number of aromatic amines is 1. The Labute approximate surface area is 176 Å². The molecule has 0 aliphatic carbocycles. The summed E-state index contributed by atoms with van der Waals surface area (Å²) in [7, 11) is -3.89. The summed E-state index contributed by atoms with van der Waals surface area (Å²) in [5.41, 5.74) is 1.41. The number of aromatic nitrogens is 5. The fourth-order valence-corrected chi connectivity index (χ4v) is 4.21. The summed E-state index contributed by atoms with van der Waals surface area (Å²) in [4.78, 5) is 0.0837. The van der Waals surface area contributed by atoms with E-state index in [0.717, 1.165) is 0 Å². The van der Waals surface area contributed by atoms with Crippen LogP contribution in [0.3, 0.4) is 0 Å². The lowest BCUT2D eigenvalue weighted by molar-refractivity contribution is 0.601. The first-order valence-electron chi connectivity index (χ1n) is 8.34. The van der Waals surface area contributed by atoms with Crippen molar-refractivity contribution in [2.45, 2.75) is 11.8 Å². The van der Waals surface area contributed by atoms with Crippen LogP contribution >= 0.6 is 23.2 Å². The number of nitrogens with zero attached hydrogens (tertiary/aromatic N) is 4. The first-order chi connectivity index (χ1) is 13.8. The van der Waals surface area contributed by atoms with Crippen molar-refractivity contribution < 1.29 is 8.42 Å². The van der Waals surface area contributed by atoms with Gasteiger partial charge in [-0.3, -0.25) is 14.4 Å². The molecule has 2 aromatic heterocycles. The van der Waals surface area contributed by atoms with Gasteiger partial charge in [0.05, 0.1) is 16.8 Å². The highest BCUT2D eigenvalue weighted by Gasteiger charge is 2.20. The third-order valence-corrected chi connectivity index (χ3v) is 6.22. The molecule has 11 heteroatoms. The van der Waals surface area contributed by atoms with Crippen molar-refractivity contribution in [2.24, 2.45) is 0 Å². The topological polar surface area (TPSA) is 106 Å². The van der Waals surface area contributed by atoms with Gasteiger partial charge in [-0.1, -0.05) is 23.2 Å². The smallest absolute Gasteiger partial charge is 0.261 e. The SMILES string of the molecule is Cc1cc(S(=O)(=O)Nc2cc(Cl)ccc2-c2nncn2-c2ccn[nH]2)ccc1Cl. The molecule has 0 unspecified atom stereocenters. The van der Waals surface area contributed by atoms with Crippen molar-refractivity contribution in [3.8, 4) is 17.2 Å². The van der Waals surface area contributed by atoms with Gasteiger partial charge in [0.1, 0.15) is 12.1 Å². The van der Waals surface area contributed by atoms with Gasteiger partial charge in [0.25, 0.3) is 10.0 Å². The fraction of sp³-hybridized carbons (Fsp3) is 0.0556. The molecular formula is C18H14Cl2N6O2S. The van der Waals surface area contributed by atoms with E-state index in [9.17, 15) is 8.42 Å². The summed E-state index contributed by atoms with van der Waals surface area (Å²) in [6.45, 7) is 1.74. The van der Waals surface area contributed by atoms with Crippen LogP contribution in [0.1, 0.15) is 5.56 Å². The van der Waals surface area contributed by atoms with Crippen LogP contribution in [-0.2, 0) is 10.0 Å². The normalized spacial score (nSPS) is 11.6. The van der Waals surface area contributed by atoms with Gasteiger partial charge < -0.3 is 0 Å². The number of benzene rings is 2. The standard InChI is InChI=1S/C18H14Cl2N6O2S/c1-11-8-13(3-5-15(11)20)29(27,28)25-16-9-12(19)2-4-14(16)18-24-22-10-26(18)17-6-7-21-23-17/h2-10,25H,1H3,(H,21,23). The second-order valence-corrected chi connectivity index (χ2v) is 8.70. The number of sulfonamides is 1. The maximum atomic E-state index is 13.0. The minimum atomic E-state index is -3.89. The zero-order valence-corrected chi connectivity index (χ0v) is 17.3. The third kappa shape index (κ3) is 3.84. The summed E-state index contributed by atoms with van der Waals surface area (Å²) in [5.74, 6) is 1.04. The Morgan fingerprint density at radius 2 is 1.93 bits per heavy atom. The lowest BCUT2D eigenvalue weighted by Gasteiger charge is -2.14. The van der Waals surface area contributed by atoms with Gasteiger partial charge in [0.15, 0.2) is 5.82 Å². The second kappa shape index (κ2) is 7.51. The molecule has 148 valence electrons. The Balaban J connectivity index is 1.79. The fourth-order valence-electron chi connectivity index (χ4n) is 2.76. The van der Waals surface area contributed by atoms with Crippen molar-refractivity contribution >= 4 is 38.9 Å². The number of hydrogen-bond donors (Lipinski definition) is 2. The molecule has 0 saturated carbocycles. The van der Waals surface area contributed by atoms with E-state index < -0.39 is 10.0 Å². The molecule has 0 aliphatic rings. The Bertz CT molecular complexity index is 1290. The highest BCUT2D eigenvalue weighted by molar-refractivity contribution is 7.92. The van der Waals surface area contributed by atoms with Crippen LogP contribution < -0.4 is 4.72 Å². The third-order valence-electron chi connectivity index (χ3n) is 4.20. The van der Waals surface area contributed by atoms with Gasteiger partial charge in [-0.05, 0) is 48.9 Å². The van der Waals surface area contributed by atoms with Gasteiger partial charge in [0.2, 0.25) is 0 Å². The number of aryl methyl sites for hydroxylation is 1. The van der Waals surface area contributed by atoms with Crippen LogP contribution in [0.5, 0.6) is 0 Å². The van der Waals surface area contributed by atoms with Crippen LogP contribution in [0.4, 0.5) is 5.69 Å². The molecule has 2 N–H and O–H groups in total. The summed E-state index contributed by atoms with van der Waals surface area (Å²) in [6, 6.07) is 11.1. The zero-order valence-electron chi connectivity index (χ0n) is 15.0. The van der Waals surface area contributed by atoms with Crippen LogP contribution in [0.2, 0.25) is 10.0 Å². The Morgan fingerprint density at radius 1 is 1.10 bits per heavy atom. The highest BCUT2D eigenvalue weighted by Crippen LogP contribution is 2.32. The van der Waals surface area contributed by atoms with E-state index >= 15 is 0 Å². The molecule has 0 fully saturated rings. The maximum absolute atomic E-state index is 13.0. The summed E-state index contributed by atoms with van der Waals surface area (Å²) in [5, 5.41) is 15.7. The molecule has 0 amide bonds. The van der Waals surface area contributed by atoms with Crippen LogP contribution in [0.25, 0.3) is 17.2 Å².